The predicted molar refractivity (Wildman–Crippen MR) is 128 cm³/mol. The van der Waals surface area contributed by atoms with E-state index in [0.717, 1.165) is 70.4 Å². The smallest absolute Gasteiger partial charge is 0.242 e. The van der Waals surface area contributed by atoms with Crippen molar-refractivity contribution < 1.29 is 4.79 Å². The number of hydrogen-bond acceptors (Lipinski definition) is 4. The molecule has 1 saturated heterocycles. The number of nitrogens with zero attached hydrogens (tertiary/aromatic N) is 5. The number of aromatic nitrogens is 3. The standard InChI is InChI=1S/C24H28Cl3N5O/c25-19-2-1-16(8-20(19)26)13-30-3-5-31(6-4-30)21(33)23-9-17-7-18(10-23)12-24(11-17,14-23)32-15-28-22(27)29-32/h1-2,8,15,17-18H,3-7,9-14H2. The quantitative estimate of drug-likeness (QED) is 0.591. The predicted octanol–water partition coefficient (Wildman–Crippen LogP) is 4.88. The first-order valence-corrected chi connectivity index (χ1v) is 13.0. The molecule has 9 heteroatoms. The molecule has 6 nitrogen and oxygen atoms in total. The van der Waals surface area contributed by atoms with Crippen molar-refractivity contribution >= 4 is 40.7 Å². The van der Waals surface area contributed by atoms with Gasteiger partial charge in [0.05, 0.1) is 21.0 Å². The van der Waals surface area contributed by atoms with Crippen molar-refractivity contribution in [3.05, 3.63) is 45.4 Å². The molecule has 5 aliphatic rings. The molecule has 0 N–H and O–H groups in total. The highest BCUT2D eigenvalue weighted by Gasteiger charge is 2.62. The van der Waals surface area contributed by atoms with Crippen molar-refractivity contribution in [2.75, 3.05) is 26.2 Å². The molecule has 4 saturated carbocycles. The molecule has 4 bridgehead atoms. The summed E-state index contributed by atoms with van der Waals surface area (Å²) in [6.07, 6.45) is 8.12. The van der Waals surface area contributed by atoms with Gasteiger partial charge in [-0.2, -0.15) is 0 Å². The molecule has 5 fully saturated rings. The van der Waals surface area contributed by atoms with Crippen molar-refractivity contribution in [2.45, 2.75) is 50.6 Å². The first-order valence-electron chi connectivity index (χ1n) is 11.9. The molecule has 1 aromatic carbocycles. The molecule has 4 aliphatic carbocycles. The summed E-state index contributed by atoms with van der Waals surface area (Å²) in [5.74, 6) is 1.55. The number of halogens is 3. The molecule has 0 radical (unpaired) electrons. The molecule has 176 valence electrons. The maximum atomic E-state index is 14.0. The summed E-state index contributed by atoms with van der Waals surface area (Å²) in [5.41, 5.74) is 0.794. The second kappa shape index (κ2) is 8.11. The van der Waals surface area contributed by atoms with Crippen LogP contribution >= 0.6 is 34.8 Å². The maximum Gasteiger partial charge on any atom is 0.242 e. The maximum absolute atomic E-state index is 14.0. The van der Waals surface area contributed by atoms with Crippen LogP contribution in [0, 0.1) is 17.3 Å². The molecular formula is C24H28Cl3N5O. The fourth-order valence-electron chi connectivity index (χ4n) is 7.54. The van der Waals surface area contributed by atoms with E-state index < -0.39 is 0 Å². The molecule has 2 unspecified atom stereocenters. The fourth-order valence-corrected chi connectivity index (χ4v) is 7.99. The summed E-state index contributed by atoms with van der Waals surface area (Å²) < 4.78 is 1.99. The summed E-state index contributed by atoms with van der Waals surface area (Å²) in [6.45, 7) is 4.13. The number of amides is 1. The van der Waals surface area contributed by atoms with Gasteiger partial charge in [0.15, 0.2) is 0 Å². The van der Waals surface area contributed by atoms with Gasteiger partial charge in [-0.25, -0.2) is 9.67 Å². The van der Waals surface area contributed by atoms with Crippen LogP contribution in [0.1, 0.15) is 44.1 Å². The third-order valence-corrected chi connectivity index (χ3v) is 9.40. The molecular weight excluding hydrogens is 481 g/mol. The van der Waals surface area contributed by atoms with Crippen molar-refractivity contribution in [2.24, 2.45) is 17.3 Å². The van der Waals surface area contributed by atoms with E-state index in [0.29, 0.717) is 33.1 Å². The van der Waals surface area contributed by atoms with E-state index >= 15 is 0 Å². The Balaban J connectivity index is 1.15. The van der Waals surface area contributed by atoms with Crippen molar-refractivity contribution in [3.8, 4) is 0 Å². The van der Waals surface area contributed by atoms with Gasteiger partial charge in [-0.15, -0.1) is 5.10 Å². The molecule has 1 amide bonds. The Morgan fingerprint density at radius 1 is 1.00 bits per heavy atom. The second-order valence-corrected chi connectivity index (χ2v) is 11.9. The Morgan fingerprint density at radius 3 is 2.36 bits per heavy atom. The van der Waals surface area contributed by atoms with E-state index in [1.165, 1.54) is 6.42 Å². The number of rotatable bonds is 4. The van der Waals surface area contributed by atoms with Crippen molar-refractivity contribution in [1.29, 1.82) is 0 Å². The second-order valence-electron chi connectivity index (χ2n) is 10.7. The van der Waals surface area contributed by atoms with Crippen LogP contribution < -0.4 is 0 Å². The van der Waals surface area contributed by atoms with Gasteiger partial charge in [0.1, 0.15) is 6.33 Å². The third kappa shape index (κ3) is 3.87. The minimum Gasteiger partial charge on any atom is -0.340 e. The normalized spacial score (nSPS) is 33.6. The Morgan fingerprint density at radius 2 is 1.73 bits per heavy atom. The Kier molecular flexibility index (Phi) is 5.44. The number of carbonyl (C=O) groups excluding carboxylic acids is 1. The average Bonchev–Trinajstić information content (AvgIpc) is 3.23. The van der Waals surface area contributed by atoms with Crippen LogP contribution in [-0.4, -0.2) is 56.7 Å². The van der Waals surface area contributed by atoms with Crippen LogP contribution in [0.15, 0.2) is 24.5 Å². The zero-order valence-electron chi connectivity index (χ0n) is 18.5. The highest BCUT2D eigenvalue weighted by atomic mass is 35.5. The van der Waals surface area contributed by atoms with Gasteiger partial charge < -0.3 is 4.90 Å². The van der Waals surface area contributed by atoms with Crippen LogP contribution in [0.2, 0.25) is 15.3 Å². The molecule has 1 aromatic heterocycles. The van der Waals surface area contributed by atoms with Gasteiger partial charge in [0.2, 0.25) is 11.2 Å². The Hall–Kier alpha value is -1.34. The van der Waals surface area contributed by atoms with Gasteiger partial charge >= 0.3 is 0 Å². The number of carbonyl (C=O) groups is 1. The summed E-state index contributed by atoms with van der Waals surface area (Å²) in [4.78, 5) is 22.7. The monoisotopic (exact) mass is 507 g/mol. The first kappa shape index (κ1) is 22.1. The highest BCUT2D eigenvalue weighted by Crippen LogP contribution is 2.64. The zero-order chi connectivity index (χ0) is 22.8. The number of hydrogen-bond donors (Lipinski definition) is 0. The molecule has 2 atom stereocenters. The van der Waals surface area contributed by atoms with Crippen LogP contribution in [0.25, 0.3) is 0 Å². The Bertz CT molecular complexity index is 1070. The molecule has 7 rings (SSSR count). The molecule has 33 heavy (non-hydrogen) atoms. The van der Waals surface area contributed by atoms with E-state index in [1.807, 2.05) is 22.9 Å². The lowest BCUT2D eigenvalue weighted by Crippen LogP contribution is -2.62. The average molecular weight is 509 g/mol. The van der Waals surface area contributed by atoms with E-state index in [1.54, 1.807) is 6.33 Å². The van der Waals surface area contributed by atoms with Crippen LogP contribution in [0.5, 0.6) is 0 Å². The van der Waals surface area contributed by atoms with E-state index in [-0.39, 0.29) is 11.0 Å². The minimum absolute atomic E-state index is 0.102. The third-order valence-electron chi connectivity index (χ3n) is 8.48. The summed E-state index contributed by atoms with van der Waals surface area (Å²) >= 11 is 18.3. The fraction of sp³-hybridized carbons (Fsp3) is 0.625. The molecule has 2 heterocycles. The van der Waals surface area contributed by atoms with Crippen molar-refractivity contribution in [1.82, 2.24) is 24.6 Å². The van der Waals surface area contributed by atoms with Crippen LogP contribution in [0.4, 0.5) is 0 Å². The van der Waals surface area contributed by atoms with Crippen molar-refractivity contribution in [3.63, 3.8) is 0 Å². The largest absolute Gasteiger partial charge is 0.340 e. The van der Waals surface area contributed by atoms with Crippen LogP contribution in [0.3, 0.4) is 0 Å². The van der Waals surface area contributed by atoms with Gasteiger partial charge in [0, 0.05) is 32.7 Å². The lowest BCUT2D eigenvalue weighted by Gasteiger charge is -2.61. The summed E-state index contributed by atoms with van der Waals surface area (Å²) in [5, 5.41) is 5.95. The number of piperazine rings is 1. The number of benzene rings is 1. The zero-order valence-corrected chi connectivity index (χ0v) is 20.8. The summed E-state index contributed by atoms with van der Waals surface area (Å²) in [6, 6.07) is 5.81. The first-order chi connectivity index (χ1) is 15.8. The SMILES string of the molecule is O=C(N1CCN(Cc2ccc(Cl)c(Cl)c2)CC1)C12CC3CC(C1)CC(n1cnc(Cl)n1)(C3)C2. The lowest BCUT2D eigenvalue weighted by atomic mass is 9.46. The van der Waals surface area contributed by atoms with Gasteiger partial charge in [-0.1, -0.05) is 29.3 Å². The molecule has 0 spiro atoms. The molecule has 1 aliphatic heterocycles. The van der Waals surface area contributed by atoms with Crippen LogP contribution in [-0.2, 0) is 16.9 Å². The van der Waals surface area contributed by atoms with E-state index in [4.69, 9.17) is 34.8 Å². The highest BCUT2D eigenvalue weighted by molar-refractivity contribution is 6.42. The van der Waals surface area contributed by atoms with E-state index in [2.05, 4.69) is 19.9 Å². The Labute approximate surface area is 209 Å². The van der Waals surface area contributed by atoms with Gasteiger partial charge in [0.25, 0.3) is 0 Å². The lowest BCUT2D eigenvalue weighted by molar-refractivity contribution is -0.168. The summed E-state index contributed by atoms with van der Waals surface area (Å²) in [7, 11) is 0. The minimum atomic E-state index is -0.256. The van der Waals surface area contributed by atoms with Gasteiger partial charge in [-0.05, 0) is 79.7 Å². The van der Waals surface area contributed by atoms with E-state index in [9.17, 15) is 4.79 Å². The van der Waals surface area contributed by atoms with Gasteiger partial charge in [-0.3, -0.25) is 9.69 Å². The topological polar surface area (TPSA) is 54.3 Å². The molecule has 2 aromatic rings.